The van der Waals surface area contributed by atoms with E-state index in [2.05, 4.69) is 50.4 Å². The second-order valence-corrected chi connectivity index (χ2v) is 20.1. The summed E-state index contributed by atoms with van der Waals surface area (Å²) in [6.07, 6.45) is 62.4. The first-order chi connectivity index (χ1) is 32.0. The summed E-state index contributed by atoms with van der Waals surface area (Å²) in [6.45, 7) is 6.50. The van der Waals surface area contributed by atoms with Gasteiger partial charge in [-0.3, -0.25) is 9.59 Å². The van der Waals surface area contributed by atoms with Gasteiger partial charge in [-0.2, -0.15) is 0 Å². The number of aliphatic hydroxyl groups excluding tert-OH is 2. The van der Waals surface area contributed by atoms with Crippen molar-refractivity contribution < 1.29 is 24.5 Å². The fourth-order valence-corrected chi connectivity index (χ4v) is 9.11. The van der Waals surface area contributed by atoms with Crippen molar-refractivity contribution in [3.05, 3.63) is 24.3 Å². The van der Waals surface area contributed by atoms with Crippen LogP contribution in [0.3, 0.4) is 0 Å². The summed E-state index contributed by atoms with van der Waals surface area (Å²) in [5.41, 5.74) is 0. The van der Waals surface area contributed by atoms with Gasteiger partial charge in [-0.25, -0.2) is 0 Å². The van der Waals surface area contributed by atoms with Gasteiger partial charge in [0, 0.05) is 6.42 Å². The fourth-order valence-electron chi connectivity index (χ4n) is 9.11. The maximum atomic E-state index is 13.3. The SMILES string of the molecule is CCCCC/C=C\C/C=C\CCCCCCCCCC(=O)OC(CCCCCCCCCCCCCC)CC(=O)NC(CO)C(O)CCCCCCCCCCCCCCCCCCC. The van der Waals surface area contributed by atoms with E-state index in [0.717, 1.165) is 57.8 Å². The highest BCUT2D eigenvalue weighted by Crippen LogP contribution is 2.19. The zero-order valence-corrected chi connectivity index (χ0v) is 43.9. The third-order valence-corrected chi connectivity index (χ3v) is 13.5. The van der Waals surface area contributed by atoms with Crippen molar-refractivity contribution in [2.45, 2.75) is 334 Å². The molecule has 0 spiro atoms. The first-order valence-electron chi connectivity index (χ1n) is 29.1. The van der Waals surface area contributed by atoms with Crippen molar-refractivity contribution in [3.8, 4) is 0 Å². The van der Waals surface area contributed by atoms with Gasteiger partial charge in [-0.15, -0.1) is 0 Å². The molecule has 0 rings (SSSR count). The lowest BCUT2D eigenvalue weighted by atomic mass is 10.0. The summed E-state index contributed by atoms with van der Waals surface area (Å²) in [4.78, 5) is 26.2. The van der Waals surface area contributed by atoms with Crippen LogP contribution in [-0.4, -0.2) is 46.9 Å². The van der Waals surface area contributed by atoms with Crippen LogP contribution in [0.1, 0.15) is 316 Å². The van der Waals surface area contributed by atoms with Crippen molar-refractivity contribution in [2.24, 2.45) is 0 Å². The first-order valence-corrected chi connectivity index (χ1v) is 29.1. The molecular formula is C59H113NO5. The normalized spacial score (nSPS) is 13.2. The molecule has 0 fully saturated rings. The molecule has 3 N–H and O–H groups in total. The van der Waals surface area contributed by atoms with Gasteiger partial charge in [-0.05, 0) is 57.8 Å². The van der Waals surface area contributed by atoms with E-state index in [-0.39, 0.29) is 24.9 Å². The number of carbonyl (C=O) groups is 2. The number of aliphatic hydroxyl groups is 2. The number of carbonyl (C=O) groups excluding carboxylic acids is 2. The van der Waals surface area contributed by atoms with Crippen LogP contribution in [0.15, 0.2) is 24.3 Å². The molecular weight excluding hydrogens is 803 g/mol. The second-order valence-electron chi connectivity index (χ2n) is 20.1. The molecule has 3 unspecified atom stereocenters. The Morgan fingerprint density at radius 2 is 0.785 bits per heavy atom. The minimum Gasteiger partial charge on any atom is -0.462 e. The monoisotopic (exact) mass is 916 g/mol. The van der Waals surface area contributed by atoms with Gasteiger partial charge >= 0.3 is 5.97 Å². The number of amides is 1. The van der Waals surface area contributed by atoms with Crippen LogP contribution in [0, 0.1) is 0 Å². The van der Waals surface area contributed by atoms with Gasteiger partial charge < -0.3 is 20.3 Å². The average molecular weight is 917 g/mol. The zero-order chi connectivity index (χ0) is 47.4. The molecule has 6 heteroatoms. The fraction of sp³-hybridized carbons (Fsp3) is 0.898. The Hall–Kier alpha value is -1.66. The number of hydrogen-bond donors (Lipinski definition) is 3. The lowest BCUT2D eigenvalue weighted by molar-refractivity contribution is -0.151. The highest BCUT2D eigenvalue weighted by molar-refractivity contribution is 5.77. The predicted octanol–water partition coefficient (Wildman–Crippen LogP) is 17.9. The topological polar surface area (TPSA) is 95.9 Å². The molecule has 65 heavy (non-hydrogen) atoms. The predicted molar refractivity (Wildman–Crippen MR) is 283 cm³/mol. The Morgan fingerprint density at radius 3 is 1.20 bits per heavy atom. The van der Waals surface area contributed by atoms with E-state index in [4.69, 9.17) is 4.74 Å². The number of rotatable bonds is 53. The second kappa shape index (κ2) is 53.3. The largest absolute Gasteiger partial charge is 0.462 e. The van der Waals surface area contributed by atoms with Crippen molar-refractivity contribution >= 4 is 11.9 Å². The van der Waals surface area contributed by atoms with Crippen molar-refractivity contribution in [1.29, 1.82) is 0 Å². The third-order valence-electron chi connectivity index (χ3n) is 13.5. The third kappa shape index (κ3) is 48.6. The highest BCUT2D eigenvalue weighted by Gasteiger charge is 2.24. The molecule has 0 aromatic heterocycles. The minimum atomic E-state index is -0.785. The molecule has 0 aromatic rings. The molecule has 0 aliphatic heterocycles. The van der Waals surface area contributed by atoms with Crippen LogP contribution in [0.2, 0.25) is 0 Å². The number of allylic oxidation sites excluding steroid dienone is 4. The molecule has 0 heterocycles. The molecule has 6 nitrogen and oxygen atoms in total. The van der Waals surface area contributed by atoms with E-state index in [0.29, 0.717) is 19.3 Å². The number of hydrogen-bond acceptors (Lipinski definition) is 5. The Bertz CT molecular complexity index is 1030. The Labute approximate surface area is 405 Å². The maximum Gasteiger partial charge on any atom is 0.306 e. The molecule has 384 valence electrons. The lowest BCUT2D eigenvalue weighted by Crippen LogP contribution is -2.46. The first kappa shape index (κ1) is 63.3. The smallest absolute Gasteiger partial charge is 0.306 e. The number of ether oxygens (including phenoxy) is 1. The quantitative estimate of drug-likeness (QED) is 0.0321. The van der Waals surface area contributed by atoms with Gasteiger partial charge in [0.2, 0.25) is 5.91 Å². The minimum absolute atomic E-state index is 0.0804. The van der Waals surface area contributed by atoms with E-state index in [9.17, 15) is 19.8 Å². The van der Waals surface area contributed by atoms with E-state index in [1.54, 1.807) is 0 Å². The van der Waals surface area contributed by atoms with Gasteiger partial charge in [0.1, 0.15) is 6.10 Å². The molecule has 0 aliphatic carbocycles. The summed E-state index contributed by atoms with van der Waals surface area (Å²) in [5.74, 6) is -0.464. The molecule has 0 radical (unpaired) electrons. The standard InChI is InChI=1S/C59H113NO5/c1-4-7-10-13-16-19-22-25-27-29-31-33-36-39-42-45-48-51-57(62)56(54-61)60-58(63)53-55(50-47-44-41-38-35-24-21-18-15-12-9-6-3)65-59(64)52-49-46-43-40-37-34-32-30-28-26-23-20-17-14-11-8-5-2/h17,20,26,28,55-57,61-62H,4-16,18-19,21-25,27,29-54H2,1-3H3,(H,60,63)/b20-17-,28-26-. The van der Waals surface area contributed by atoms with Crippen LogP contribution >= 0.6 is 0 Å². The number of esters is 1. The molecule has 0 aromatic carbocycles. The van der Waals surface area contributed by atoms with Crippen molar-refractivity contribution in [2.75, 3.05) is 6.61 Å². The number of unbranched alkanes of at least 4 members (excludes halogenated alkanes) is 37. The van der Waals surface area contributed by atoms with Crippen LogP contribution in [0.5, 0.6) is 0 Å². The molecule has 0 saturated heterocycles. The van der Waals surface area contributed by atoms with Gasteiger partial charge in [0.15, 0.2) is 0 Å². The van der Waals surface area contributed by atoms with E-state index in [1.165, 1.54) is 212 Å². The molecule has 3 atom stereocenters. The van der Waals surface area contributed by atoms with Crippen molar-refractivity contribution in [1.82, 2.24) is 5.32 Å². The van der Waals surface area contributed by atoms with Gasteiger partial charge in [-0.1, -0.05) is 270 Å². The van der Waals surface area contributed by atoms with Crippen LogP contribution in [0.25, 0.3) is 0 Å². The van der Waals surface area contributed by atoms with Crippen LogP contribution < -0.4 is 5.32 Å². The summed E-state index contributed by atoms with van der Waals surface area (Å²) in [7, 11) is 0. The summed E-state index contributed by atoms with van der Waals surface area (Å²) in [5, 5.41) is 23.9. The molecule has 0 saturated carbocycles. The Morgan fingerprint density at radius 1 is 0.446 bits per heavy atom. The zero-order valence-electron chi connectivity index (χ0n) is 43.9. The van der Waals surface area contributed by atoms with E-state index < -0.39 is 18.2 Å². The average Bonchev–Trinajstić information content (AvgIpc) is 3.30. The van der Waals surface area contributed by atoms with E-state index in [1.807, 2.05) is 0 Å². The van der Waals surface area contributed by atoms with Crippen LogP contribution in [0.4, 0.5) is 0 Å². The van der Waals surface area contributed by atoms with Crippen LogP contribution in [-0.2, 0) is 14.3 Å². The Kier molecular flexibility index (Phi) is 51.9. The summed E-state index contributed by atoms with van der Waals surface area (Å²) >= 11 is 0. The van der Waals surface area contributed by atoms with E-state index >= 15 is 0 Å². The summed E-state index contributed by atoms with van der Waals surface area (Å²) < 4.78 is 5.96. The molecule has 0 bridgehead atoms. The lowest BCUT2D eigenvalue weighted by Gasteiger charge is -2.24. The molecule has 1 amide bonds. The molecule has 0 aliphatic rings. The number of nitrogens with one attached hydrogen (secondary N) is 1. The highest BCUT2D eigenvalue weighted by atomic mass is 16.5. The van der Waals surface area contributed by atoms with Crippen molar-refractivity contribution in [3.63, 3.8) is 0 Å². The maximum absolute atomic E-state index is 13.3. The summed E-state index contributed by atoms with van der Waals surface area (Å²) in [6, 6.07) is -0.699. The van der Waals surface area contributed by atoms with Gasteiger partial charge in [0.25, 0.3) is 0 Å². The van der Waals surface area contributed by atoms with Gasteiger partial charge in [0.05, 0.1) is 25.2 Å². The Balaban J connectivity index is 4.46.